The van der Waals surface area contributed by atoms with E-state index in [2.05, 4.69) is 15.3 Å². The highest BCUT2D eigenvalue weighted by Crippen LogP contribution is 2.31. The molecule has 7 nitrogen and oxygen atoms in total. The molecule has 0 bridgehead atoms. The number of ether oxygens (including phenoxy) is 1. The first kappa shape index (κ1) is 15.7. The number of rotatable bonds is 4. The highest BCUT2D eigenvalue weighted by molar-refractivity contribution is 5.45. The Hall–Kier alpha value is -1.65. The molecule has 1 fully saturated rings. The maximum absolute atomic E-state index is 12.8. The second-order valence-electron chi connectivity index (χ2n) is 4.78. The lowest BCUT2D eigenvalue weighted by atomic mass is 9.91. The summed E-state index contributed by atoms with van der Waals surface area (Å²) >= 11 is 0. The molecule has 21 heavy (non-hydrogen) atoms. The van der Waals surface area contributed by atoms with Crippen molar-refractivity contribution in [1.82, 2.24) is 9.97 Å². The Kier molecular flexibility index (Phi) is 4.49. The average molecular weight is 307 g/mol. The first-order valence-electron chi connectivity index (χ1n) is 6.28. The van der Waals surface area contributed by atoms with Crippen LogP contribution in [0.3, 0.4) is 0 Å². The molecule has 1 aliphatic rings. The zero-order valence-electron chi connectivity index (χ0n) is 11.1. The van der Waals surface area contributed by atoms with Crippen LogP contribution < -0.4 is 16.6 Å². The van der Waals surface area contributed by atoms with Crippen molar-refractivity contribution in [3.63, 3.8) is 0 Å². The van der Waals surface area contributed by atoms with E-state index in [1.165, 1.54) is 0 Å². The molecular formula is C11H16F3N5O2. The van der Waals surface area contributed by atoms with E-state index in [-0.39, 0.29) is 18.4 Å². The predicted octanol–water partition coefficient (Wildman–Crippen LogP) is 0.734. The van der Waals surface area contributed by atoms with E-state index in [1.54, 1.807) is 0 Å². The molecule has 118 valence electrons. The Balaban J connectivity index is 2.30. The number of hydrogen-bond acceptors (Lipinski definition) is 7. The number of aromatic nitrogens is 2. The van der Waals surface area contributed by atoms with Crippen LogP contribution in [0, 0.1) is 0 Å². The number of hydrogen-bond donors (Lipinski definition) is 4. The molecule has 10 heteroatoms. The van der Waals surface area contributed by atoms with Crippen LogP contribution in [0.5, 0.6) is 0 Å². The van der Waals surface area contributed by atoms with Crippen LogP contribution in [-0.2, 0) is 10.9 Å². The maximum Gasteiger partial charge on any atom is 0.433 e. The van der Waals surface area contributed by atoms with Gasteiger partial charge in [0.15, 0.2) is 5.69 Å². The predicted molar refractivity (Wildman–Crippen MR) is 68.3 cm³/mol. The zero-order valence-corrected chi connectivity index (χ0v) is 11.1. The van der Waals surface area contributed by atoms with E-state index in [9.17, 15) is 18.3 Å². The number of aliphatic hydroxyl groups is 1. The molecule has 5 N–H and O–H groups in total. The Morgan fingerprint density at radius 1 is 1.33 bits per heavy atom. The molecule has 2 heterocycles. The highest BCUT2D eigenvalue weighted by atomic mass is 19.4. The number of nitrogens with zero attached hydrogens (tertiary/aromatic N) is 2. The zero-order chi connectivity index (χ0) is 15.5. The summed E-state index contributed by atoms with van der Waals surface area (Å²) in [6.07, 6.45) is -3.70. The van der Waals surface area contributed by atoms with E-state index in [4.69, 9.17) is 10.6 Å². The molecule has 0 unspecified atom stereocenters. The smallest absolute Gasteiger partial charge is 0.394 e. The van der Waals surface area contributed by atoms with Crippen LogP contribution in [0.1, 0.15) is 18.5 Å². The highest BCUT2D eigenvalue weighted by Gasteiger charge is 2.36. The number of nitrogens with two attached hydrogens (primary N) is 1. The fourth-order valence-electron chi connectivity index (χ4n) is 2.08. The Bertz CT molecular complexity index is 491. The molecule has 1 aromatic heterocycles. The van der Waals surface area contributed by atoms with Crippen LogP contribution in [0.2, 0.25) is 0 Å². The maximum atomic E-state index is 12.8. The van der Waals surface area contributed by atoms with E-state index >= 15 is 0 Å². The van der Waals surface area contributed by atoms with Crippen molar-refractivity contribution in [2.45, 2.75) is 24.6 Å². The van der Waals surface area contributed by atoms with Gasteiger partial charge in [-0.15, -0.1) is 0 Å². The summed E-state index contributed by atoms with van der Waals surface area (Å²) in [6.45, 7) is 0.576. The number of anilines is 2. The van der Waals surface area contributed by atoms with Crippen molar-refractivity contribution in [3.8, 4) is 0 Å². The van der Waals surface area contributed by atoms with E-state index < -0.39 is 17.4 Å². The van der Waals surface area contributed by atoms with Gasteiger partial charge in [-0.05, 0) is 12.8 Å². The lowest BCUT2D eigenvalue weighted by Gasteiger charge is -2.36. The summed E-state index contributed by atoms with van der Waals surface area (Å²) in [5.74, 6) is 4.68. The van der Waals surface area contributed by atoms with Gasteiger partial charge in [0.25, 0.3) is 0 Å². The van der Waals surface area contributed by atoms with Crippen molar-refractivity contribution < 1.29 is 23.0 Å². The average Bonchev–Trinajstić information content (AvgIpc) is 2.47. The molecule has 0 atom stereocenters. The Morgan fingerprint density at radius 3 is 2.52 bits per heavy atom. The number of halogens is 3. The second kappa shape index (κ2) is 6.00. The molecule has 0 radical (unpaired) electrons. The molecule has 2 rings (SSSR count). The fraction of sp³-hybridized carbons (Fsp3) is 0.636. The molecular weight excluding hydrogens is 291 g/mol. The van der Waals surface area contributed by atoms with Gasteiger partial charge in [-0.1, -0.05) is 0 Å². The fourth-order valence-corrected chi connectivity index (χ4v) is 2.08. The summed E-state index contributed by atoms with van der Waals surface area (Å²) < 4.78 is 43.5. The minimum Gasteiger partial charge on any atom is -0.394 e. The molecule has 1 aliphatic heterocycles. The van der Waals surface area contributed by atoms with Crippen LogP contribution >= 0.6 is 0 Å². The van der Waals surface area contributed by atoms with E-state index in [1.807, 2.05) is 5.43 Å². The van der Waals surface area contributed by atoms with Gasteiger partial charge in [-0.25, -0.2) is 10.8 Å². The van der Waals surface area contributed by atoms with Crippen molar-refractivity contribution >= 4 is 11.8 Å². The number of nitrogens with one attached hydrogen (secondary N) is 2. The first-order chi connectivity index (χ1) is 9.88. The summed E-state index contributed by atoms with van der Waals surface area (Å²) in [5, 5.41) is 12.4. The van der Waals surface area contributed by atoms with Gasteiger partial charge >= 0.3 is 6.18 Å². The van der Waals surface area contributed by atoms with Gasteiger partial charge in [-0.3, -0.25) is 5.43 Å². The monoisotopic (exact) mass is 307 g/mol. The summed E-state index contributed by atoms with van der Waals surface area (Å²) in [7, 11) is 0. The van der Waals surface area contributed by atoms with Crippen LogP contribution in [0.15, 0.2) is 6.07 Å². The molecule has 0 amide bonds. The molecule has 0 spiro atoms. The van der Waals surface area contributed by atoms with Gasteiger partial charge in [0.1, 0.15) is 5.82 Å². The van der Waals surface area contributed by atoms with Crippen LogP contribution in [0.25, 0.3) is 0 Å². The van der Waals surface area contributed by atoms with Gasteiger partial charge in [0.2, 0.25) is 5.95 Å². The quantitative estimate of drug-likeness (QED) is 0.480. The lowest BCUT2D eigenvalue weighted by molar-refractivity contribution is -0.141. The molecule has 0 aliphatic carbocycles. The van der Waals surface area contributed by atoms with Gasteiger partial charge in [-0.2, -0.15) is 18.2 Å². The van der Waals surface area contributed by atoms with Crippen molar-refractivity contribution in [2.24, 2.45) is 5.84 Å². The number of aliphatic hydroxyl groups excluding tert-OH is 1. The Morgan fingerprint density at radius 2 is 2.00 bits per heavy atom. The normalized spacial score (nSPS) is 18.3. The standard InChI is InChI=1S/C11H16F3N5O2/c12-11(13,14)7-5-8(17-9(16-7)19-15)18-10(6-20)1-3-21-4-2-10/h5,20H,1-4,6,15H2,(H2,16,17,18,19). The second-order valence-corrected chi connectivity index (χ2v) is 4.78. The number of nitrogen functional groups attached to an aromatic ring is 1. The van der Waals surface area contributed by atoms with Gasteiger partial charge in [0, 0.05) is 19.3 Å². The SMILES string of the molecule is NNc1nc(NC2(CO)CCOCC2)cc(C(F)(F)F)n1. The summed E-state index contributed by atoms with van der Waals surface area (Å²) in [5.41, 5.74) is 0.118. The minimum absolute atomic E-state index is 0.0544. The van der Waals surface area contributed by atoms with E-state index in [0.29, 0.717) is 26.1 Å². The third-order valence-corrected chi connectivity index (χ3v) is 3.29. The summed E-state index contributed by atoms with van der Waals surface area (Å²) in [4.78, 5) is 7.11. The number of alkyl halides is 3. The molecule has 1 saturated heterocycles. The molecule has 0 aromatic carbocycles. The van der Waals surface area contributed by atoms with Crippen molar-refractivity contribution in [1.29, 1.82) is 0 Å². The largest absolute Gasteiger partial charge is 0.433 e. The Labute approximate surface area is 118 Å². The third-order valence-electron chi connectivity index (χ3n) is 3.29. The van der Waals surface area contributed by atoms with E-state index in [0.717, 1.165) is 6.07 Å². The van der Waals surface area contributed by atoms with Gasteiger partial charge < -0.3 is 15.2 Å². The summed E-state index contributed by atoms with van der Waals surface area (Å²) in [6, 6.07) is 0.785. The van der Waals surface area contributed by atoms with Crippen molar-refractivity contribution in [3.05, 3.63) is 11.8 Å². The minimum atomic E-state index is -4.62. The number of hydrazine groups is 1. The van der Waals surface area contributed by atoms with Gasteiger partial charge in [0.05, 0.1) is 12.1 Å². The first-order valence-corrected chi connectivity index (χ1v) is 6.28. The molecule has 0 saturated carbocycles. The van der Waals surface area contributed by atoms with Crippen LogP contribution in [-0.4, -0.2) is 40.4 Å². The third kappa shape index (κ3) is 3.71. The lowest BCUT2D eigenvalue weighted by Crippen LogP contribution is -2.47. The topological polar surface area (TPSA) is 105 Å². The molecule has 1 aromatic rings. The van der Waals surface area contributed by atoms with Crippen LogP contribution in [0.4, 0.5) is 24.9 Å². The van der Waals surface area contributed by atoms with Crippen molar-refractivity contribution in [2.75, 3.05) is 30.6 Å².